The van der Waals surface area contributed by atoms with Crippen molar-refractivity contribution in [3.05, 3.63) is 24.3 Å². The summed E-state index contributed by atoms with van der Waals surface area (Å²) in [6.45, 7) is 4.22. The Morgan fingerprint density at radius 2 is 0.947 bits per heavy atom. The van der Waals surface area contributed by atoms with Gasteiger partial charge in [0.1, 0.15) is 19.8 Å². The molecule has 336 valence electrons. The van der Waals surface area contributed by atoms with Gasteiger partial charge in [-0.15, -0.1) is 0 Å². The highest BCUT2D eigenvalue weighted by Crippen LogP contribution is 2.38. The van der Waals surface area contributed by atoms with Gasteiger partial charge in [0.05, 0.1) is 27.7 Å². The molecule has 0 N–H and O–H groups in total. The third-order valence-corrected chi connectivity index (χ3v) is 11.2. The Labute approximate surface area is 351 Å². The highest BCUT2D eigenvalue weighted by molar-refractivity contribution is 7.45. The van der Waals surface area contributed by atoms with Crippen LogP contribution in [0.15, 0.2) is 24.3 Å². The molecule has 0 aliphatic heterocycles. The third kappa shape index (κ3) is 43.9. The molecule has 10 heteroatoms. The summed E-state index contributed by atoms with van der Waals surface area (Å²) in [4.78, 5) is 37.6. The van der Waals surface area contributed by atoms with E-state index in [0.717, 1.165) is 38.5 Å². The number of phosphoric acid groups is 1. The van der Waals surface area contributed by atoms with Crippen molar-refractivity contribution in [1.29, 1.82) is 0 Å². The summed E-state index contributed by atoms with van der Waals surface area (Å²) in [5, 5.41) is 0. The average molecular weight is 828 g/mol. The molecule has 2 atom stereocenters. The molecule has 0 aliphatic carbocycles. The molecule has 0 fully saturated rings. The molecule has 0 heterocycles. The maximum atomic E-state index is 12.7. The zero-order valence-electron chi connectivity index (χ0n) is 37.8. The van der Waals surface area contributed by atoms with Crippen molar-refractivity contribution >= 4 is 19.8 Å². The molecule has 9 nitrogen and oxygen atoms in total. The van der Waals surface area contributed by atoms with Gasteiger partial charge in [0.25, 0.3) is 7.82 Å². The highest BCUT2D eigenvalue weighted by atomic mass is 31.2. The van der Waals surface area contributed by atoms with Crippen LogP contribution in [0, 0.1) is 0 Å². The molecule has 57 heavy (non-hydrogen) atoms. The van der Waals surface area contributed by atoms with E-state index in [2.05, 4.69) is 38.2 Å². The van der Waals surface area contributed by atoms with Crippen LogP contribution in [0.3, 0.4) is 0 Å². The van der Waals surface area contributed by atoms with Crippen molar-refractivity contribution in [3.8, 4) is 0 Å². The molecule has 0 amide bonds. The topological polar surface area (TPSA) is 111 Å². The van der Waals surface area contributed by atoms with E-state index < -0.39 is 26.5 Å². The van der Waals surface area contributed by atoms with Crippen LogP contribution in [0.25, 0.3) is 0 Å². The Balaban J connectivity index is 4.28. The van der Waals surface area contributed by atoms with Crippen LogP contribution in [-0.2, 0) is 32.7 Å². The van der Waals surface area contributed by atoms with E-state index in [1.807, 2.05) is 21.1 Å². The molecule has 0 rings (SSSR count). The number of allylic oxidation sites excluding steroid dienone is 4. The molecule has 0 aromatic rings. The number of carbonyl (C=O) groups excluding carboxylic acids is 2. The third-order valence-electron chi connectivity index (χ3n) is 10.2. The zero-order chi connectivity index (χ0) is 42.1. The molecular formula is C47H90NO8P. The minimum absolute atomic E-state index is 0.0293. The van der Waals surface area contributed by atoms with E-state index in [0.29, 0.717) is 17.4 Å². The average Bonchev–Trinajstić information content (AvgIpc) is 3.16. The number of quaternary nitrogens is 1. The fourth-order valence-electron chi connectivity index (χ4n) is 6.51. The standard InChI is InChI=1S/C47H90NO8P/c1-6-8-10-12-14-16-18-20-22-23-24-25-26-28-29-31-33-35-37-39-46(49)53-43-45(44-55-57(51,52)54-42-41-48(3,4)5)56-47(50)40-38-36-34-32-30-27-21-19-17-15-13-11-9-7-2/h14,16,20,22,45H,6-13,15,17-19,21,23-44H2,1-5H3/b16-14+,22-20+/t45-/m0/s1. The Hall–Kier alpha value is -1.51. The Morgan fingerprint density at radius 3 is 1.42 bits per heavy atom. The van der Waals surface area contributed by atoms with Gasteiger partial charge in [0.2, 0.25) is 0 Å². The van der Waals surface area contributed by atoms with Crippen LogP contribution in [0.2, 0.25) is 0 Å². The van der Waals surface area contributed by atoms with Crippen molar-refractivity contribution in [2.75, 3.05) is 47.5 Å². The lowest BCUT2D eigenvalue weighted by Gasteiger charge is -2.28. The fraction of sp³-hybridized carbons (Fsp3) is 0.872. The smallest absolute Gasteiger partial charge is 0.306 e. The summed E-state index contributed by atoms with van der Waals surface area (Å²) < 4.78 is 34.0. The number of unbranched alkanes of at least 4 members (excludes halogenated alkanes) is 25. The molecule has 0 bridgehead atoms. The minimum atomic E-state index is -4.62. The van der Waals surface area contributed by atoms with Crippen LogP contribution >= 0.6 is 7.82 Å². The van der Waals surface area contributed by atoms with Gasteiger partial charge in [0, 0.05) is 12.8 Å². The van der Waals surface area contributed by atoms with E-state index >= 15 is 0 Å². The number of carbonyl (C=O) groups is 2. The van der Waals surface area contributed by atoms with Gasteiger partial charge in [-0.3, -0.25) is 14.2 Å². The number of phosphoric ester groups is 1. The number of likely N-dealkylation sites (N-methyl/N-ethyl adjacent to an activating group) is 1. The molecule has 0 spiro atoms. The monoisotopic (exact) mass is 828 g/mol. The van der Waals surface area contributed by atoms with Gasteiger partial charge in [-0.05, 0) is 44.9 Å². The van der Waals surface area contributed by atoms with E-state index in [4.69, 9.17) is 18.5 Å². The summed E-state index contributed by atoms with van der Waals surface area (Å²) in [6.07, 6.45) is 43.4. The first-order chi connectivity index (χ1) is 27.5. The fourth-order valence-corrected chi connectivity index (χ4v) is 7.24. The number of hydrogen-bond acceptors (Lipinski definition) is 8. The Kier molecular flexibility index (Phi) is 38.9. The molecule has 0 aliphatic rings. The lowest BCUT2D eigenvalue weighted by Crippen LogP contribution is -2.37. The van der Waals surface area contributed by atoms with Crippen molar-refractivity contribution in [1.82, 2.24) is 0 Å². The lowest BCUT2D eigenvalue weighted by atomic mass is 10.0. The van der Waals surface area contributed by atoms with Crippen molar-refractivity contribution < 1.29 is 42.1 Å². The van der Waals surface area contributed by atoms with E-state index in [1.54, 1.807) is 0 Å². The van der Waals surface area contributed by atoms with Gasteiger partial charge in [-0.25, -0.2) is 0 Å². The van der Waals surface area contributed by atoms with Gasteiger partial charge in [-0.1, -0.05) is 179 Å². The zero-order valence-corrected chi connectivity index (χ0v) is 38.7. The number of nitrogens with zero attached hydrogens (tertiary/aromatic N) is 1. The second-order valence-electron chi connectivity index (χ2n) is 17.1. The number of rotatable bonds is 43. The van der Waals surface area contributed by atoms with Gasteiger partial charge in [0.15, 0.2) is 6.10 Å². The Bertz CT molecular complexity index is 1030. The van der Waals surface area contributed by atoms with Crippen LogP contribution in [0.4, 0.5) is 0 Å². The Morgan fingerprint density at radius 1 is 0.544 bits per heavy atom. The molecule has 0 saturated heterocycles. The number of hydrogen-bond donors (Lipinski definition) is 0. The molecule has 0 aromatic carbocycles. The van der Waals surface area contributed by atoms with E-state index in [9.17, 15) is 19.0 Å². The quantitative estimate of drug-likeness (QED) is 0.0196. The first kappa shape index (κ1) is 55.5. The molecule has 0 saturated carbocycles. The lowest BCUT2D eigenvalue weighted by molar-refractivity contribution is -0.870. The van der Waals surface area contributed by atoms with E-state index in [1.165, 1.54) is 141 Å². The molecule has 0 radical (unpaired) electrons. The molecule has 1 unspecified atom stereocenters. The summed E-state index contributed by atoms with van der Waals surface area (Å²) in [5.41, 5.74) is 0. The predicted octanol–water partition coefficient (Wildman–Crippen LogP) is 12.9. The normalized spacial score (nSPS) is 13.7. The maximum absolute atomic E-state index is 12.7. The summed E-state index contributed by atoms with van der Waals surface area (Å²) in [5.74, 6) is -0.830. The molecular weight excluding hydrogens is 737 g/mol. The predicted molar refractivity (Wildman–Crippen MR) is 236 cm³/mol. The second kappa shape index (κ2) is 39.9. The van der Waals surface area contributed by atoms with Gasteiger partial charge in [-0.2, -0.15) is 0 Å². The van der Waals surface area contributed by atoms with Gasteiger partial charge < -0.3 is 27.9 Å². The first-order valence-electron chi connectivity index (χ1n) is 23.5. The summed E-state index contributed by atoms with van der Waals surface area (Å²) in [7, 11) is 1.17. The van der Waals surface area contributed by atoms with E-state index in [-0.39, 0.29) is 32.0 Å². The van der Waals surface area contributed by atoms with Crippen LogP contribution in [-0.4, -0.2) is 70.0 Å². The first-order valence-corrected chi connectivity index (χ1v) is 25.0. The van der Waals surface area contributed by atoms with Crippen molar-refractivity contribution in [3.63, 3.8) is 0 Å². The summed E-state index contributed by atoms with van der Waals surface area (Å²) in [6, 6.07) is 0. The van der Waals surface area contributed by atoms with Crippen molar-refractivity contribution in [2.45, 2.75) is 219 Å². The van der Waals surface area contributed by atoms with Gasteiger partial charge >= 0.3 is 11.9 Å². The second-order valence-corrected chi connectivity index (χ2v) is 18.5. The summed E-state index contributed by atoms with van der Waals surface area (Å²) >= 11 is 0. The number of ether oxygens (including phenoxy) is 2. The van der Waals surface area contributed by atoms with Crippen LogP contribution in [0.1, 0.15) is 213 Å². The minimum Gasteiger partial charge on any atom is -0.756 e. The highest BCUT2D eigenvalue weighted by Gasteiger charge is 2.21. The number of esters is 2. The SMILES string of the molecule is CCCCC/C=C/C/C=C/CCCCCCCCCCCC(=O)OC[C@@H](COP(=O)([O-])OCC[N+](C)(C)C)OC(=O)CCCCCCCCCCCCCCCC. The largest absolute Gasteiger partial charge is 0.756 e. The van der Waals surface area contributed by atoms with Crippen molar-refractivity contribution in [2.24, 2.45) is 0 Å². The van der Waals surface area contributed by atoms with Crippen LogP contribution in [0.5, 0.6) is 0 Å². The molecule has 0 aromatic heterocycles. The maximum Gasteiger partial charge on any atom is 0.306 e. The van der Waals surface area contributed by atoms with Crippen LogP contribution < -0.4 is 4.89 Å².